The van der Waals surface area contributed by atoms with E-state index in [4.69, 9.17) is 23.2 Å². The summed E-state index contributed by atoms with van der Waals surface area (Å²) in [5.41, 5.74) is 3.59. The van der Waals surface area contributed by atoms with Gasteiger partial charge in [-0.25, -0.2) is 0 Å². The zero-order chi connectivity index (χ0) is 13.1. The Kier molecular flexibility index (Phi) is 4.71. The molecule has 0 amide bonds. The van der Waals surface area contributed by atoms with E-state index in [1.165, 1.54) is 11.1 Å². The summed E-state index contributed by atoms with van der Waals surface area (Å²) < 4.78 is 0. The summed E-state index contributed by atoms with van der Waals surface area (Å²) in [5, 5.41) is 1.46. The Balaban J connectivity index is 2.21. The normalized spacial score (nSPS) is 12.4. The third kappa shape index (κ3) is 3.50. The van der Waals surface area contributed by atoms with E-state index in [-0.39, 0.29) is 4.83 Å². The predicted octanol–water partition coefficient (Wildman–Crippen LogP) is 5.98. The molecule has 0 spiro atoms. The Morgan fingerprint density at radius 1 is 1.11 bits per heavy atom. The van der Waals surface area contributed by atoms with Crippen molar-refractivity contribution in [2.75, 3.05) is 0 Å². The van der Waals surface area contributed by atoms with Crippen molar-refractivity contribution < 1.29 is 0 Å². The lowest BCUT2D eigenvalue weighted by molar-refractivity contribution is 0.947. The molecule has 2 aromatic carbocycles. The third-order valence-electron chi connectivity index (χ3n) is 2.79. The van der Waals surface area contributed by atoms with Gasteiger partial charge >= 0.3 is 0 Å². The van der Waals surface area contributed by atoms with E-state index in [1.54, 1.807) is 6.07 Å². The van der Waals surface area contributed by atoms with Crippen LogP contribution in [0.25, 0.3) is 0 Å². The molecular weight excluding hydrogens is 331 g/mol. The topological polar surface area (TPSA) is 0 Å². The minimum Gasteiger partial charge on any atom is -0.0843 e. The van der Waals surface area contributed by atoms with Crippen LogP contribution in [0.2, 0.25) is 10.0 Å². The van der Waals surface area contributed by atoms with Gasteiger partial charge in [-0.05, 0) is 42.7 Å². The van der Waals surface area contributed by atoms with E-state index >= 15 is 0 Å². The fourth-order valence-corrected chi connectivity index (χ4v) is 3.22. The van der Waals surface area contributed by atoms with Gasteiger partial charge in [0.1, 0.15) is 0 Å². The Morgan fingerprint density at radius 2 is 1.89 bits per heavy atom. The van der Waals surface area contributed by atoms with Crippen LogP contribution in [0.3, 0.4) is 0 Å². The van der Waals surface area contributed by atoms with Crippen molar-refractivity contribution in [3.63, 3.8) is 0 Å². The third-order valence-corrected chi connectivity index (χ3v) is 4.19. The van der Waals surface area contributed by atoms with E-state index in [9.17, 15) is 0 Å². The van der Waals surface area contributed by atoms with Crippen molar-refractivity contribution in [3.8, 4) is 0 Å². The highest BCUT2D eigenvalue weighted by atomic mass is 79.9. The van der Waals surface area contributed by atoms with Gasteiger partial charge in [0.15, 0.2) is 0 Å². The number of benzene rings is 2. The van der Waals surface area contributed by atoms with Crippen LogP contribution in [0.1, 0.15) is 21.5 Å². The molecule has 0 aromatic heterocycles. The van der Waals surface area contributed by atoms with E-state index in [0.717, 1.165) is 17.0 Å². The summed E-state index contributed by atoms with van der Waals surface area (Å²) in [5.74, 6) is 0. The Hall–Kier alpha value is -0.500. The summed E-state index contributed by atoms with van der Waals surface area (Å²) in [7, 11) is 0. The highest BCUT2D eigenvalue weighted by molar-refractivity contribution is 9.09. The monoisotopic (exact) mass is 342 g/mol. The lowest BCUT2D eigenvalue weighted by atomic mass is 10.0. The van der Waals surface area contributed by atoms with E-state index < -0.39 is 0 Å². The Labute approximate surface area is 126 Å². The van der Waals surface area contributed by atoms with Gasteiger partial charge in [-0.15, -0.1) is 0 Å². The number of rotatable bonds is 3. The fraction of sp³-hybridized carbons (Fsp3) is 0.200. The summed E-state index contributed by atoms with van der Waals surface area (Å²) in [6.07, 6.45) is 0.891. The molecule has 3 heteroatoms. The fourth-order valence-electron chi connectivity index (χ4n) is 1.91. The summed E-state index contributed by atoms with van der Waals surface area (Å²) in [4.78, 5) is 0.172. The standard InChI is InChI=1S/C15H13BrCl2/c1-10-3-2-4-11(7-10)8-14(16)13-9-12(17)5-6-15(13)18/h2-7,9,14H,8H2,1H3. The SMILES string of the molecule is Cc1cccc(CC(Br)c2cc(Cl)ccc2Cl)c1. The van der Waals surface area contributed by atoms with Crippen LogP contribution < -0.4 is 0 Å². The summed E-state index contributed by atoms with van der Waals surface area (Å²) in [6, 6.07) is 14.0. The molecule has 0 heterocycles. The molecule has 0 aliphatic rings. The van der Waals surface area contributed by atoms with Gasteiger partial charge in [-0.3, -0.25) is 0 Å². The minimum atomic E-state index is 0.172. The van der Waals surface area contributed by atoms with Gasteiger partial charge in [-0.2, -0.15) is 0 Å². The van der Waals surface area contributed by atoms with Crippen LogP contribution in [-0.2, 0) is 6.42 Å². The van der Waals surface area contributed by atoms with Crippen molar-refractivity contribution in [2.24, 2.45) is 0 Å². The molecule has 2 aromatic rings. The number of hydrogen-bond acceptors (Lipinski definition) is 0. The summed E-state index contributed by atoms with van der Waals surface area (Å²) in [6.45, 7) is 2.10. The van der Waals surface area contributed by atoms with Gasteiger partial charge in [0.25, 0.3) is 0 Å². The zero-order valence-corrected chi connectivity index (χ0v) is 13.1. The molecule has 94 valence electrons. The maximum absolute atomic E-state index is 6.20. The van der Waals surface area contributed by atoms with Gasteiger partial charge in [-0.1, -0.05) is 69.0 Å². The molecule has 0 N–H and O–H groups in total. The first-order chi connectivity index (χ1) is 8.56. The molecule has 0 radical (unpaired) electrons. The molecule has 0 saturated carbocycles. The van der Waals surface area contributed by atoms with E-state index in [1.807, 2.05) is 12.1 Å². The lowest BCUT2D eigenvalue weighted by Gasteiger charge is -2.13. The first-order valence-electron chi connectivity index (χ1n) is 5.71. The molecule has 0 aliphatic heterocycles. The minimum absolute atomic E-state index is 0.172. The van der Waals surface area contributed by atoms with Crippen LogP contribution in [0.4, 0.5) is 0 Å². The van der Waals surface area contributed by atoms with Crippen molar-refractivity contribution in [2.45, 2.75) is 18.2 Å². The molecule has 1 unspecified atom stereocenters. The van der Waals surface area contributed by atoms with Crippen molar-refractivity contribution >= 4 is 39.1 Å². The van der Waals surface area contributed by atoms with Crippen LogP contribution in [0.5, 0.6) is 0 Å². The first kappa shape index (κ1) is 13.9. The van der Waals surface area contributed by atoms with Crippen LogP contribution >= 0.6 is 39.1 Å². The van der Waals surface area contributed by atoms with Crippen LogP contribution in [0, 0.1) is 6.92 Å². The second-order valence-corrected chi connectivity index (χ2v) is 6.28. The number of halogens is 3. The highest BCUT2D eigenvalue weighted by Crippen LogP contribution is 2.34. The Morgan fingerprint density at radius 3 is 2.61 bits per heavy atom. The van der Waals surface area contributed by atoms with E-state index in [0.29, 0.717) is 5.02 Å². The Bertz CT molecular complexity index is 552. The first-order valence-corrected chi connectivity index (χ1v) is 7.38. The van der Waals surface area contributed by atoms with Crippen molar-refractivity contribution in [1.82, 2.24) is 0 Å². The van der Waals surface area contributed by atoms with Gasteiger partial charge < -0.3 is 0 Å². The molecule has 0 bridgehead atoms. The van der Waals surface area contributed by atoms with Crippen LogP contribution in [0.15, 0.2) is 42.5 Å². The van der Waals surface area contributed by atoms with E-state index in [2.05, 4.69) is 47.1 Å². The largest absolute Gasteiger partial charge is 0.0843 e. The molecular formula is C15H13BrCl2. The molecule has 0 fully saturated rings. The number of alkyl halides is 1. The second-order valence-electron chi connectivity index (χ2n) is 4.33. The van der Waals surface area contributed by atoms with Gasteiger partial charge in [0.05, 0.1) is 0 Å². The number of aryl methyl sites for hydroxylation is 1. The quantitative estimate of drug-likeness (QED) is 0.601. The second kappa shape index (κ2) is 6.10. The maximum atomic E-state index is 6.20. The number of hydrogen-bond donors (Lipinski definition) is 0. The highest BCUT2D eigenvalue weighted by Gasteiger charge is 2.12. The van der Waals surface area contributed by atoms with Crippen LogP contribution in [-0.4, -0.2) is 0 Å². The molecule has 0 aliphatic carbocycles. The summed E-state index contributed by atoms with van der Waals surface area (Å²) >= 11 is 15.9. The predicted molar refractivity (Wildman–Crippen MR) is 83.0 cm³/mol. The average molecular weight is 344 g/mol. The van der Waals surface area contributed by atoms with Gasteiger partial charge in [0.2, 0.25) is 0 Å². The molecule has 2 rings (SSSR count). The zero-order valence-electron chi connectivity index (χ0n) is 9.96. The smallest absolute Gasteiger partial charge is 0.0450 e. The molecule has 1 atom stereocenters. The molecule has 0 nitrogen and oxygen atoms in total. The molecule has 0 saturated heterocycles. The molecule has 18 heavy (non-hydrogen) atoms. The maximum Gasteiger partial charge on any atom is 0.0450 e. The lowest BCUT2D eigenvalue weighted by Crippen LogP contribution is -1.97. The van der Waals surface area contributed by atoms with Crippen molar-refractivity contribution in [1.29, 1.82) is 0 Å². The average Bonchev–Trinajstić information content (AvgIpc) is 2.32. The van der Waals surface area contributed by atoms with Gasteiger partial charge in [0, 0.05) is 14.9 Å². The van der Waals surface area contributed by atoms with Crippen molar-refractivity contribution in [3.05, 3.63) is 69.2 Å².